The molecule has 21 heavy (non-hydrogen) atoms. The van der Waals surface area contributed by atoms with E-state index in [9.17, 15) is 9.59 Å². The van der Waals surface area contributed by atoms with E-state index in [0.717, 1.165) is 31.7 Å². The summed E-state index contributed by atoms with van der Waals surface area (Å²) < 4.78 is 5.23. The van der Waals surface area contributed by atoms with Crippen molar-refractivity contribution in [2.45, 2.75) is 25.8 Å². The summed E-state index contributed by atoms with van der Waals surface area (Å²) in [6.45, 7) is 2.44. The van der Waals surface area contributed by atoms with Gasteiger partial charge in [-0.1, -0.05) is 0 Å². The second kappa shape index (κ2) is 7.26. The molecule has 1 fully saturated rings. The summed E-state index contributed by atoms with van der Waals surface area (Å²) in [7, 11) is 1.77. The summed E-state index contributed by atoms with van der Waals surface area (Å²) in [5.41, 5.74) is 0. The molecular formula is C15H22N2O4. The third kappa shape index (κ3) is 4.90. The standard InChI is InChI=1S/C15H22N2O4/c1-16(10-13-3-2-8-21-13)14(18)11-17-6-4-12(5-7-17)9-15(19)20/h2-3,8,12H,4-7,9-11H2,1H3,(H,19,20). The summed E-state index contributed by atoms with van der Waals surface area (Å²) in [5.74, 6) is 0.339. The van der Waals surface area contributed by atoms with E-state index in [1.165, 1.54) is 0 Å². The molecule has 2 heterocycles. The van der Waals surface area contributed by atoms with Crippen molar-refractivity contribution in [2.24, 2.45) is 5.92 Å². The molecule has 6 nitrogen and oxygen atoms in total. The van der Waals surface area contributed by atoms with Crippen LogP contribution in [0.3, 0.4) is 0 Å². The summed E-state index contributed by atoms with van der Waals surface area (Å²) in [5, 5.41) is 8.79. The molecule has 0 atom stereocenters. The molecule has 6 heteroatoms. The predicted octanol–water partition coefficient (Wildman–Crippen LogP) is 1.42. The maximum Gasteiger partial charge on any atom is 0.303 e. The molecule has 1 saturated heterocycles. The monoisotopic (exact) mass is 294 g/mol. The first-order chi connectivity index (χ1) is 10.0. The molecule has 0 aliphatic carbocycles. The SMILES string of the molecule is CN(Cc1ccco1)C(=O)CN1CCC(CC(=O)O)CC1. The molecule has 0 bridgehead atoms. The van der Waals surface area contributed by atoms with Crippen LogP contribution in [0.15, 0.2) is 22.8 Å². The van der Waals surface area contributed by atoms with Crippen LogP contribution in [-0.4, -0.2) is 53.5 Å². The van der Waals surface area contributed by atoms with Crippen molar-refractivity contribution < 1.29 is 19.1 Å². The maximum atomic E-state index is 12.1. The third-order valence-corrected chi connectivity index (χ3v) is 3.93. The Morgan fingerprint density at radius 2 is 2.14 bits per heavy atom. The van der Waals surface area contributed by atoms with Gasteiger partial charge in [-0.2, -0.15) is 0 Å². The zero-order chi connectivity index (χ0) is 15.2. The Bertz CT molecular complexity index is 464. The highest BCUT2D eigenvalue weighted by molar-refractivity contribution is 5.77. The third-order valence-electron chi connectivity index (χ3n) is 3.93. The summed E-state index contributed by atoms with van der Waals surface area (Å²) in [4.78, 5) is 26.6. The van der Waals surface area contributed by atoms with Gasteiger partial charge < -0.3 is 14.4 Å². The zero-order valence-electron chi connectivity index (χ0n) is 12.3. The second-order valence-electron chi connectivity index (χ2n) is 5.65. The highest BCUT2D eigenvalue weighted by atomic mass is 16.4. The molecule has 0 unspecified atom stereocenters. The number of carboxylic acids is 1. The van der Waals surface area contributed by atoms with Gasteiger partial charge in [0.15, 0.2) is 0 Å². The number of likely N-dealkylation sites (N-methyl/N-ethyl adjacent to an activating group) is 1. The van der Waals surface area contributed by atoms with Gasteiger partial charge in [-0.25, -0.2) is 0 Å². The molecule has 116 valence electrons. The van der Waals surface area contributed by atoms with E-state index in [4.69, 9.17) is 9.52 Å². The fourth-order valence-electron chi connectivity index (χ4n) is 2.63. The van der Waals surface area contributed by atoms with Crippen molar-refractivity contribution >= 4 is 11.9 Å². The van der Waals surface area contributed by atoms with Crippen LogP contribution >= 0.6 is 0 Å². The minimum absolute atomic E-state index is 0.0584. The molecule has 0 radical (unpaired) electrons. The smallest absolute Gasteiger partial charge is 0.303 e. The van der Waals surface area contributed by atoms with Gasteiger partial charge in [0.2, 0.25) is 5.91 Å². The number of piperidine rings is 1. The fraction of sp³-hybridized carbons (Fsp3) is 0.600. The minimum Gasteiger partial charge on any atom is -0.481 e. The van der Waals surface area contributed by atoms with Gasteiger partial charge in [0, 0.05) is 13.5 Å². The van der Waals surface area contributed by atoms with Crippen LogP contribution in [0, 0.1) is 5.92 Å². The quantitative estimate of drug-likeness (QED) is 0.859. The van der Waals surface area contributed by atoms with Crippen LogP contribution in [0.1, 0.15) is 25.0 Å². The van der Waals surface area contributed by atoms with E-state index >= 15 is 0 Å². The number of rotatable bonds is 6. The molecule has 0 aromatic carbocycles. The summed E-state index contributed by atoms with van der Waals surface area (Å²) in [6.07, 6.45) is 3.53. The molecule has 1 aliphatic rings. The molecule has 0 spiro atoms. The van der Waals surface area contributed by atoms with Gasteiger partial charge in [0.05, 0.1) is 19.4 Å². The lowest BCUT2D eigenvalue weighted by Crippen LogP contribution is -2.42. The summed E-state index contributed by atoms with van der Waals surface area (Å²) >= 11 is 0. The lowest BCUT2D eigenvalue weighted by Gasteiger charge is -2.31. The normalized spacial score (nSPS) is 16.8. The van der Waals surface area contributed by atoms with E-state index in [2.05, 4.69) is 4.90 Å². The predicted molar refractivity (Wildman–Crippen MR) is 76.6 cm³/mol. The van der Waals surface area contributed by atoms with E-state index in [1.807, 2.05) is 6.07 Å². The van der Waals surface area contributed by atoms with Crippen LogP contribution < -0.4 is 0 Å². The van der Waals surface area contributed by atoms with Crippen LogP contribution in [0.25, 0.3) is 0 Å². The first kappa shape index (κ1) is 15.6. The Balaban J connectivity index is 1.72. The number of carbonyl (C=O) groups is 2. The van der Waals surface area contributed by atoms with Gasteiger partial charge in [0.1, 0.15) is 5.76 Å². The van der Waals surface area contributed by atoms with Crippen molar-refractivity contribution in [3.05, 3.63) is 24.2 Å². The first-order valence-corrected chi connectivity index (χ1v) is 7.25. The fourth-order valence-corrected chi connectivity index (χ4v) is 2.63. The van der Waals surface area contributed by atoms with Crippen molar-refractivity contribution in [3.8, 4) is 0 Å². The van der Waals surface area contributed by atoms with Gasteiger partial charge in [-0.15, -0.1) is 0 Å². The van der Waals surface area contributed by atoms with Crippen LogP contribution in [-0.2, 0) is 16.1 Å². The number of amides is 1. The van der Waals surface area contributed by atoms with Crippen LogP contribution in [0.2, 0.25) is 0 Å². The molecule has 1 aliphatic heterocycles. The molecule has 1 amide bonds. The number of carbonyl (C=O) groups excluding carboxylic acids is 1. The number of aliphatic carboxylic acids is 1. The largest absolute Gasteiger partial charge is 0.481 e. The zero-order valence-corrected chi connectivity index (χ0v) is 12.3. The highest BCUT2D eigenvalue weighted by Crippen LogP contribution is 2.20. The second-order valence-corrected chi connectivity index (χ2v) is 5.65. The molecule has 1 aromatic heterocycles. The average Bonchev–Trinajstić information content (AvgIpc) is 2.93. The van der Waals surface area contributed by atoms with E-state index in [1.54, 1.807) is 24.3 Å². The van der Waals surface area contributed by atoms with Gasteiger partial charge in [-0.3, -0.25) is 14.5 Å². The van der Waals surface area contributed by atoms with Crippen molar-refractivity contribution in [1.29, 1.82) is 0 Å². The topological polar surface area (TPSA) is 74.0 Å². The van der Waals surface area contributed by atoms with Gasteiger partial charge in [-0.05, 0) is 44.0 Å². The van der Waals surface area contributed by atoms with Crippen LogP contribution in [0.4, 0.5) is 0 Å². The van der Waals surface area contributed by atoms with Crippen molar-refractivity contribution in [3.63, 3.8) is 0 Å². The van der Waals surface area contributed by atoms with Gasteiger partial charge >= 0.3 is 5.97 Å². The number of nitrogens with zero attached hydrogens (tertiary/aromatic N) is 2. The molecule has 0 saturated carbocycles. The van der Waals surface area contributed by atoms with Gasteiger partial charge in [0.25, 0.3) is 0 Å². The Morgan fingerprint density at radius 1 is 1.43 bits per heavy atom. The minimum atomic E-state index is -0.734. The number of carboxylic acid groups (broad SMARTS) is 1. The van der Waals surface area contributed by atoms with E-state index in [0.29, 0.717) is 13.1 Å². The lowest BCUT2D eigenvalue weighted by molar-refractivity contribution is -0.139. The Morgan fingerprint density at radius 3 is 2.71 bits per heavy atom. The number of furan rings is 1. The van der Waals surface area contributed by atoms with E-state index in [-0.39, 0.29) is 18.2 Å². The number of hydrogen-bond acceptors (Lipinski definition) is 4. The molecule has 2 rings (SSSR count). The highest BCUT2D eigenvalue weighted by Gasteiger charge is 2.23. The lowest BCUT2D eigenvalue weighted by atomic mass is 9.94. The molecule has 1 N–H and O–H groups in total. The Kier molecular flexibility index (Phi) is 5.38. The summed E-state index contributed by atoms with van der Waals surface area (Å²) in [6, 6.07) is 3.65. The first-order valence-electron chi connectivity index (χ1n) is 7.25. The van der Waals surface area contributed by atoms with Crippen molar-refractivity contribution in [2.75, 3.05) is 26.7 Å². The Labute approximate surface area is 124 Å². The van der Waals surface area contributed by atoms with Crippen molar-refractivity contribution in [1.82, 2.24) is 9.80 Å². The number of likely N-dealkylation sites (tertiary alicyclic amines) is 1. The maximum absolute atomic E-state index is 12.1. The molecular weight excluding hydrogens is 272 g/mol. The van der Waals surface area contributed by atoms with E-state index < -0.39 is 5.97 Å². The average molecular weight is 294 g/mol. The Hall–Kier alpha value is -1.82. The van der Waals surface area contributed by atoms with Crippen LogP contribution in [0.5, 0.6) is 0 Å². The molecule has 1 aromatic rings. The number of hydrogen-bond donors (Lipinski definition) is 1.